The molecule has 8 heteroatoms. The van der Waals surface area contributed by atoms with E-state index < -0.39 is 5.91 Å². The maximum Gasteiger partial charge on any atom is 0.273 e. The molecule has 0 spiro atoms. The molecule has 0 bridgehead atoms. The Morgan fingerprint density at radius 1 is 0.913 bits per heavy atom. The number of phenolic OH excluding ortho intramolecular Hbond substituents is 1. The first-order chi connectivity index (χ1) is 11.0. The fourth-order valence-electron chi connectivity index (χ4n) is 1.69. The average Bonchev–Trinajstić information content (AvgIpc) is 2.53. The highest BCUT2D eigenvalue weighted by Crippen LogP contribution is 2.14. The molecule has 0 aliphatic carbocycles. The zero-order valence-corrected chi connectivity index (χ0v) is 14.6. The van der Waals surface area contributed by atoms with Crippen LogP contribution in [0, 0.1) is 3.57 Å². The van der Waals surface area contributed by atoms with Gasteiger partial charge in [0, 0.05) is 3.57 Å². The Labute approximate surface area is 151 Å². The van der Waals surface area contributed by atoms with E-state index in [1.807, 2.05) is 28.7 Å². The van der Waals surface area contributed by atoms with Gasteiger partial charge in [-0.2, -0.15) is 0 Å². The summed E-state index contributed by atoms with van der Waals surface area (Å²) in [5.74, 6) is -1.11. The van der Waals surface area contributed by atoms with Crippen LogP contribution in [-0.4, -0.2) is 22.0 Å². The number of nitrogens with one attached hydrogen (secondary N) is 3. The smallest absolute Gasteiger partial charge is 0.273 e. The van der Waals surface area contributed by atoms with Crippen molar-refractivity contribution in [3.8, 4) is 5.75 Å². The summed E-state index contributed by atoms with van der Waals surface area (Å²) in [4.78, 5) is 23.9. The number of hydrogen-bond acceptors (Lipinski definition) is 4. The number of aromatic hydroxyl groups is 1. The summed E-state index contributed by atoms with van der Waals surface area (Å²) in [5.41, 5.74) is 5.28. The van der Waals surface area contributed by atoms with Gasteiger partial charge in [0.1, 0.15) is 5.75 Å². The Bertz CT molecular complexity index is 767. The zero-order valence-electron chi connectivity index (χ0n) is 11.7. The van der Waals surface area contributed by atoms with Crippen LogP contribution in [0.5, 0.6) is 5.75 Å². The predicted molar refractivity (Wildman–Crippen MR) is 97.9 cm³/mol. The highest BCUT2D eigenvalue weighted by molar-refractivity contribution is 14.1. The molecule has 23 heavy (non-hydrogen) atoms. The number of rotatable bonds is 2. The molecule has 0 atom stereocenters. The summed E-state index contributed by atoms with van der Waals surface area (Å²) in [6, 6.07) is 13.1. The van der Waals surface area contributed by atoms with Gasteiger partial charge in [-0.05, 0) is 59.1 Å². The number of amides is 2. The normalized spacial score (nSPS) is 9.78. The Morgan fingerprint density at radius 3 is 2.17 bits per heavy atom. The van der Waals surface area contributed by atoms with Gasteiger partial charge in [0.15, 0.2) is 5.11 Å². The molecule has 6 nitrogen and oxygen atoms in total. The molecule has 2 rings (SSSR count). The molecule has 0 aliphatic heterocycles. The number of benzene rings is 2. The van der Waals surface area contributed by atoms with Gasteiger partial charge < -0.3 is 5.11 Å². The van der Waals surface area contributed by atoms with Crippen molar-refractivity contribution in [3.05, 3.63) is 63.2 Å². The second-order valence-electron chi connectivity index (χ2n) is 4.36. The monoisotopic (exact) mass is 441 g/mol. The lowest BCUT2D eigenvalue weighted by molar-refractivity contribution is 0.0932. The Kier molecular flexibility index (Phi) is 5.88. The zero-order chi connectivity index (χ0) is 16.8. The minimum atomic E-state index is -0.575. The lowest BCUT2D eigenvalue weighted by Gasteiger charge is -2.11. The van der Waals surface area contributed by atoms with E-state index in [-0.39, 0.29) is 22.3 Å². The number of hydrogen-bond donors (Lipinski definition) is 4. The third-order valence-electron chi connectivity index (χ3n) is 2.78. The number of phenols is 1. The molecule has 4 N–H and O–H groups in total. The van der Waals surface area contributed by atoms with Gasteiger partial charge in [0.25, 0.3) is 11.8 Å². The lowest BCUT2D eigenvalue weighted by Crippen LogP contribution is -2.48. The van der Waals surface area contributed by atoms with Crippen molar-refractivity contribution in [2.24, 2.45) is 0 Å². The second-order valence-corrected chi connectivity index (χ2v) is 5.93. The summed E-state index contributed by atoms with van der Waals surface area (Å²) >= 11 is 7.00. The standard InChI is InChI=1S/C15H12IN3O3S/c16-11-7-3-1-5-9(11)13(21)17-15(23)19-18-14(22)10-6-2-4-8-12(10)20/h1-8,20H,(H,18,22)(H2,17,19,21,23). The largest absolute Gasteiger partial charge is 0.507 e. The van der Waals surface area contributed by atoms with Crippen molar-refractivity contribution < 1.29 is 14.7 Å². The van der Waals surface area contributed by atoms with Crippen LogP contribution in [0.3, 0.4) is 0 Å². The first kappa shape index (κ1) is 17.2. The molecular formula is C15H12IN3O3S. The summed E-state index contributed by atoms with van der Waals surface area (Å²) in [7, 11) is 0. The molecule has 2 aromatic carbocycles. The maximum absolute atomic E-state index is 12.0. The highest BCUT2D eigenvalue weighted by Gasteiger charge is 2.13. The Morgan fingerprint density at radius 2 is 1.52 bits per heavy atom. The summed E-state index contributed by atoms with van der Waals surface area (Å²) in [6.45, 7) is 0. The van der Waals surface area contributed by atoms with E-state index in [0.717, 1.165) is 3.57 Å². The fourth-order valence-corrected chi connectivity index (χ4v) is 2.47. The third kappa shape index (κ3) is 4.63. The molecule has 0 aromatic heterocycles. The van der Waals surface area contributed by atoms with Gasteiger partial charge in [-0.1, -0.05) is 24.3 Å². The maximum atomic E-state index is 12.0. The lowest BCUT2D eigenvalue weighted by atomic mass is 10.2. The number of carbonyl (C=O) groups is 2. The van der Waals surface area contributed by atoms with E-state index >= 15 is 0 Å². The van der Waals surface area contributed by atoms with Gasteiger partial charge >= 0.3 is 0 Å². The average molecular weight is 441 g/mol. The van der Waals surface area contributed by atoms with Crippen LogP contribution in [0.15, 0.2) is 48.5 Å². The van der Waals surface area contributed by atoms with Gasteiger partial charge in [0.05, 0.1) is 11.1 Å². The fraction of sp³-hybridized carbons (Fsp3) is 0. The number of carbonyl (C=O) groups excluding carboxylic acids is 2. The van der Waals surface area contributed by atoms with Crippen LogP contribution >= 0.6 is 34.8 Å². The minimum absolute atomic E-state index is 0.0570. The van der Waals surface area contributed by atoms with Crippen LogP contribution in [0.1, 0.15) is 20.7 Å². The van der Waals surface area contributed by atoms with E-state index in [0.29, 0.717) is 5.56 Å². The molecule has 2 aromatic rings. The van der Waals surface area contributed by atoms with Crippen LogP contribution in [0.25, 0.3) is 0 Å². The van der Waals surface area contributed by atoms with Crippen molar-refractivity contribution in [1.29, 1.82) is 0 Å². The van der Waals surface area contributed by atoms with Gasteiger partial charge in [-0.25, -0.2) is 0 Å². The number of halogens is 1. The molecule has 0 aliphatic rings. The van der Waals surface area contributed by atoms with Crippen molar-refractivity contribution in [2.45, 2.75) is 0 Å². The van der Waals surface area contributed by atoms with Gasteiger partial charge in [-0.15, -0.1) is 0 Å². The highest BCUT2D eigenvalue weighted by atomic mass is 127. The van der Waals surface area contributed by atoms with Crippen LogP contribution in [-0.2, 0) is 0 Å². The quantitative estimate of drug-likeness (QED) is 0.325. The number of thiocarbonyl (C=S) groups is 1. The van der Waals surface area contributed by atoms with E-state index in [9.17, 15) is 14.7 Å². The SMILES string of the molecule is O=C(NNC(=S)NC(=O)c1ccccc1I)c1ccccc1O. The van der Waals surface area contributed by atoms with Crippen molar-refractivity contribution >= 4 is 51.7 Å². The van der Waals surface area contributed by atoms with Crippen molar-refractivity contribution in [1.82, 2.24) is 16.2 Å². The third-order valence-corrected chi connectivity index (χ3v) is 3.93. The van der Waals surface area contributed by atoms with E-state index in [1.54, 1.807) is 30.3 Å². The van der Waals surface area contributed by atoms with Gasteiger partial charge in [-0.3, -0.25) is 25.8 Å². The molecule has 0 saturated carbocycles. The molecule has 2 amide bonds. The molecular weight excluding hydrogens is 429 g/mol. The van der Waals surface area contributed by atoms with E-state index in [2.05, 4.69) is 16.2 Å². The van der Waals surface area contributed by atoms with Crippen LogP contribution in [0.2, 0.25) is 0 Å². The molecule has 118 valence electrons. The first-order valence-corrected chi connectivity index (χ1v) is 7.92. The number of hydrazine groups is 1. The van der Waals surface area contributed by atoms with Crippen LogP contribution in [0.4, 0.5) is 0 Å². The molecule has 0 unspecified atom stereocenters. The van der Waals surface area contributed by atoms with Crippen molar-refractivity contribution in [2.75, 3.05) is 0 Å². The van der Waals surface area contributed by atoms with E-state index in [4.69, 9.17) is 12.2 Å². The molecule has 0 radical (unpaired) electrons. The summed E-state index contributed by atoms with van der Waals surface area (Å²) < 4.78 is 0.781. The van der Waals surface area contributed by atoms with Crippen molar-refractivity contribution in [3.63, 3.8) is 0 Å². The Hall–Kier alpha value is -2.20. The molecule has 0 saturated heterocycles. The topological polar surface area (TPSA) is 90.5 Å². The molecule has 0 heterocycles. The second kappa shape index (κ2) is 7.88. The minimum Gasteiger partial charge on any atom is -0.507 e. The first-order valence-electron chi connectivity index (χ1n) is 6.43. The van der Waals surface area contributed by atoms with Crippen LogP contribution < -0.4 is 16.2 Å². The summed E-state index contributed by atoms with van der Waals surface area (Å²) in [5, 5.41) is 12.0. The molecule has 0 fully saturated rings. The predicted octanol–water partition coefficient (Wildman–Crippen LogP) is 1.95. The summed E-state index contributed by atoms with van der Waals surface area (Å²) in [6.07, 6.45) is 0. The van der Waals surface area contributed by atoms with Gasteiger partial charge in [0.2, 0.25) is 0 Å². The number of para-hydroxylation sites is 1. The van der Waals surface area contributed by atoms with E-state index in [1.165, 1.54) is 12.1 Å². The Balaban J connectivity index is 1.91.